The van der Waals surface area contributed by atoms with Gasteiger partial charge < -0.3 is 5.32 Å². The summed E-state index contributed by atoms with van der Waals surface area (Å²) in [6, 6.07) is 4.81. The first-order valence-corrected chi connectivity index (χ1v) is 5.81. The highest BCUT2D eigenvalue weighted by atomic mass is 16.6. The summed E-state index contributed by atoms with van der Waals surface area (Å²) in [6.45, 7) is 6.21. The maximum absolute atomic E-state index is 10.7. The van der Waals surface area contributed by atoms with Gasteiger partial charge in [-0.1, -0.05) is 20.8 Å². The third-order valence-corrected chi connectivity index (χ3v) is 2.75. The normalized spacial score (nSPS) is 11.9. The summed E-state index contributed by atoms with van der Waals surface area (Å²) in [7, 11) is 0. The van der Waals surface area contributed by atoms with Gasteiger partial charge in [-0.2, -0.15) is 5.26 Å². The van der Waals surface area contributed by atoms with Crippen molar-refractivity contribution in [3.05, 3.63) is 27.9 Å². The quantitative estimate of drug-likeness (QED) is 0.638. The van der Waals surface area contributed by atoms with E-state index in [1.807, 2.05) is 6.92 Å². The Morgan fingerprint density at radius 2 is 2.22 bits per heavy atom. The summed E-state index contributed by atoms with van der Waals surface area (Å²) in [5.41, 5.74) is -0.427. The van der Waals surface area contributed by atoms with Gasteiger partial charge in [0.25, 0.3) is 0 Å². The molecule has 96 valence electrons. The fraction of sp³-hybridized carbons (Fsp3) is 0.500. The smallest absolute Gasteiger partial charge is 0.305 e. The lowest BCUT2D eigenvalue weighted by Gasteiger charge is -2.21. The first kappa shape index (κ1) is 13.9. The molecule has 0 spiro atoms. The van der Waals surface area contributed by atoms with Crippen LogP contribution < -0.4 is 5.32 Å². The minimum atomic E-state index is -0.602. The zero-order chi connectivity index (χ0) is 13.7. The van der Waals surface area contributed by atoms with Crippen LogP contribution in [0.4, 0.5) is 11.5 Å². The molecule has 18 heavy (non-hydrogen) atoms. The molecule has 0 amide bonds. The van der Waals surface area contributed by atoms with E-state index in [9.17, 15) is 10.1 Å². The van der Waals surface area contributed by atoms with Crippen molar-refractivity contribution in [1.29, 1.82) is 5.26 Å². The lowest BCUT2D eigenvalue weighted by Crippen LogP contribution is -2.25. The third kappa shape index (κ3) is 3.17. The van der Waals surface area contributed by atoms with Crippen molar-refractivity contribution in [3.8, 4) is 6.07 Å². The SMILES string of the molecule is CCC(Nc1ccc([N+](=O)[O-])c(C#N)n1)C(C)C. The van der Waals surface area contributed by atoms with E-state index in [1.165, 1.54) is 12.1 Å². The van der Waals surface area contributed by atoms with Gasteiger partial charge in [0.15, 0.2) is 0 Å². The van der Waals surface area contributed by atoms with Gasteiger partial charge in [0.05, 0.1) is 4.92 Å². The Morgan fingerprint density at radius 3 is 2.67 bits per heavy atom. The second kappa shape index (κ2) is 5.96. The molecule has 1 aromatic heterocycles. The molecule has 1 aromatic rings. The molecule has 0 aliphatic rings. The van der Waals surface area contributed by atoms with E-state index < -0.39 is 4.92 Å². The van der Waals surface area contributed by atoms with Crippen molar-refractivity contribution >= 4 is 11.5 Å². The Balaban J connectivity index is 3.00. The van der Waals surface area contributed by atoms with Crippen molar-refractivity contribution < 1.29 is 4.92 Å². The second-order valence-corrected chi connectivity index (χ2v) is 4.34. The Morgan fingerprint density at radius 1 is 1.56 bits per heavy atom. The van der Waals surface area contributed by atoms with Crippen molar-refractivity contribution in [2.24, 2.45) is 5.92 Å². The molecule has 6 heteroatoms. The summed E-state index contributed by atoms with van der Waals surface area (Å²) in [5.74, 6) is 0.912. The Labute approximate surface area is 106 Å². The maximum Gasteiger partial charge on any atom is 0.305 e. The summed E-state index contributed by atoms with van der Waals surface area (Å²) in [4.78, 5) is 14.0. The molecular formula is C12H16N4O2. The molecule has 6 nitrogen and oxygen atoms in total. The molecule has 0 bridgehead atoms. The molecule has 0 saturated carbocycles. The number of pyridine rings is 1. The van der Waals surface area contributed by atoms with Crippen LogP contribution in [0.25, 0.3) is 0 Å². The predicted octanol–water partition coefficient (Wildman–Crippen LogP) is 2.71. The molecule has 0 aromatic carbocycles. The topological polar surface area (TPSA) is 91.9 Å². The minimum Gasteiger partial charge on any atom is -0.367 e. The van der Waals surface area contributed by atoms with Crippen LogP contribution in [0.1, 0.15) is 32.9 Å². The van der Waals surface area contributed by atoms with Gasteiger partial charge in [0, 0.05) is 12.1 Å². The number of hydrogen-bond acceptors (Lipinski definition) is 5. The first-order valence-electron chi connectivity index (χ1n) is 5.81. The van der Waals surface area contributed by atoms with Crippen molar-refractivity contribution in [2.75, 3.05) is 5.32 Å². The predicted molar refractivity (Wildman–Crippen MR) is 68.1 cm³/mol. The van der Waals surface area contributed by atoms with E-state index in [0.717, 1.165) is 6.42 Å². The molecule has 1 unspecified atom stereocenters. The number of hydrogen-bond donors (Lipinski definition) is 1. The lowest BCUT2D eigenvalue weighted by molar-refractivity contribution is -0.385. The van der Waals surface area contributed by atoms with Gasteiger partial charge in [-0.25, -0.2) is 4.98 Å². The zero-order valence-corrected chi connectivity index (χ0v) is 10.7. The van der Waals surface area contributed by atoms with Crippen LogP contribution >= 0.6 is 0 Å². The number of nitriles is 1. The molecule has 1 heterocycles. The van der Waals surface area contributed by atoms with Crippen LogP contribution in [0.3, 0.4) is 0 Å². The Hall–Kier alpha value is -2.16. The second-order valence-electron chi connectivity index (χ2n) is 4.34. The number of nitro groups is 1. The molecule has 1 N–H and O–H groups in total. The molecule has 1 atom stereocenters. The number of anilines is 1. The van der Waals surface area contributed by atoms with Crippen LogP contribution in [0.5, 0.6) is 0 Å². The van der Waals surface area contributed by atoms with E-state index >= 15 is 0 Å². The third-order valence-electron chi connectivity index (χ3n) is 2.75. The molecule has 0 aliphatic heterocycles. The van der Waals surface area contributed by atoms with E-state index in [-0.39, 0.29) is 17.4 Å². The van der Waals surface area contributed by atoms with Gasteiger partial charge >= 0.3 is 5.69 Å². The fourth-order valence-corrected chi connectivity index (χ4v) is 1.69. The van der Waals surface area contributed by atoms with E-state index in [4.69, 9.17) is 5.26 Å². The Kier molecular flexibility index (Phi) is 4.60. The van der Waals surface area contributed by atoms with Crippen LogP contribution in [0, 0.1) is 27.4 Å². The van der Waals surface area contributed by atoms with Crippen LogP contribution in [-0.2, 0) is 0 Å². The van der Waals surface area contributed by atoms with Crippen molar-refractivity contribution in [1.82, 2.24) is 4.98 Å². The van der Waals surface area contributed by atoms with Crippen LogP contribution in [0.15, 0.2) is 12.1 Å². The molecule has 0 saturated heterocycles. The number of rotatable bonds is 5. The first-order chi connectivity index (χ1) is 8.49. The highest BCUT2D eigenvalue weighted by Crippen LogP contribution is 2.20. The van der Waals surface area contributed by atoms with Crippen LogP contribution in [0.2, 0.25) is 0 Å². The number of nitrogens with one attached hydrogen (secondary N) is 1. The standard InChI is InChI=1S/C12H16N4O2/c1-4-9(8(2)3)14-12-6-5-11(16(17)18)10(7-13)15-12/h5-6,8-9H,4H2,1-3H3,(H,14,15). The lowest BCUT2D eigenvalue weighted by atomic mass is 10.0. The van der Waals surface area contributed by atoms with E-state index in [0.29, 0.717) is 11.7 Å². The highest BCUT2D eigenvalue weighted by molar-refractivity contribution is 5.50. The van der Waals surface area contributed by atoms with Gasteiger partial charge in [-0.3, -0.25) is 10.1 Å². The van der Waals surface area contributed by atoms with Crippen LogP contribution in [-0.4, -0.2) is 15.9 Å². The molecule has 1 rings (SSSR count). The number of aromatic nitrogens is 1. The summed E-state index contributed by atoms with van der Waals surface area (Å²) in [5, 5.41) is 22.7. The summed E-state index contributed by atoms with van der Waals surface area (Å²) >= 11 is 0. The van der Waals surface area contributed by atoms with E-state index in [1.54, 1.807) is 6.07 Å². The number of nitrogens with zero attached hydrogens (tertiary/aromatic N) is 3. The minimum absolute atomic E-state index is 0.163. The van der Waals surface area contributed by atoms with Crippen molar-refractivity contribution in [2.45, 2.75) is 33.2 Å². The van der Waals surface area contributed by atoms with Gasteiger partial charge in [0.1, 0.15) is 11.9 Å². The molecular weight excluding hydrogens is 232 g/mol. The largest absolute Gasteiger partial charge is 0.367 e. The zero-order valence-electron chi connectivity index (χ0n) is 10.7. The molecule has 0 radical (unpaired) electrons. The Bertz CT molecular complexity index is 479. The average molecular weight is 248 g/mol. The fourth-order valence-electron chi connectivity index (χ4n) is 1.69. The highest BCUT2D eigenvalue weighted by Gasteiger charge is 2.17. The van der Waals surface area contributed by atoms with Gasteiger partial charge in [-0.05, 0) is 18.4 Å². The van der Waals surface area contributed by atoms with Crippen molar-refractivity contribution in [3.63, 3.8) is 0 Å². The average Bonchev–Trinajstić information content (AvgIpc) is 2.34. The summed E-state index contributed by atoms with van der Waals surface area (Å²) < 4.78 is 0. The van der Waals surface area contributed by atoms with Gasteiger partial charge in [-0.15, -0.1) is 0 Å². The summed E-state index contributed by atoms with van der Waals surface area (Å²) in [6.07, 6.45) is 0.915. The van der Waals surface area contributed by atoms with Gasteiger partial charge in [0.2, 0.25) is 5.69 Å². The molecule has 0 aliphatic carbocycles. The monoisotopic (exact) mass is 248 g/mol. The van der Waals surface area contributed by atoms with E-state index in [2.05, 4.69) is 24.1 Å². The molecule has 0 fully saturated rings. The maximum atomic E-state index is 10.7.